The molecule has 3 heteroatoms. The van der Waals surface area contributed by atoms with Gasteiger partial charge < -0.3 is 5.32 Å². The molecule has 106 valence electrons. The Morgan fingerprint density at radius 3 is 2.84 bits per heavy atom. The molecule has 0 amide bonds. The molecule has 1 heterocycles. The Bertz CT molecular complexity index is 385. The molecule has 0 radical (unpaired) electrons. The third-order valence-corrected chi connectivity index (χ3v) is 3.67. The van der Waals surface area contributed by atoms with E-state index in [1.807, 2.05) is 12.3 Å². The molecule has 2 rings (SSSR count). The van der Waals surface area contributed by atoms with Gasteiger partial charge in [-0.25, -0.2) is 4.98 Å². The molecule has 1 fully saturated rings. The summed E-state index contributed by atoms with van der Waals surface area (Å²) in [7, 11) is 0. The zero-order valence-electron chi connectivity index (χ0n) is 12.5. The molecule has 1 saturated carbocycles. The Balaban J connectivity index is 1.99. The average Bonchev–Trinajstić information content (AvgIpc) is 3.21. The SMILES string of the molecule is CCNc1ncccc1CN(CCC(C)C)C1CC1. The number of pyridine rings is 1. The second-order valence-corrected chi connectivity index (χ2v) is 5.93. The van der Waals surface area contributed by atoms with Gasteiger partial charge in [0.2, 0.25) is 0 Å². The van der Waals surface area contributed by atoms with Crippen molar-refractivity contribution in [2.24, 2.45) is 5.92 Å². The van der Waals surface area contributed by atoms with Crippen LogP contribution in [0, 0.1) is 5.92 Å². The Labute approximate surface area is 117 Å². The summed E-state index contributed by atoms with van der Waals surface area (Å²) in [6.45, 7) is 9.91. The van der Waals surface area contributed by atoms with Crippen molar-refractivity contribution in [2.75, 3.05) is 18.4 Å². The highest BCUT2D eigenvalue weighted by Gasteiger charge is 2.29. The number of aromatic nitrogens is 1. The Morgan fingerprint density at radius 1 is 1.42 bits per heavy atom. The van der Waals surface area contributed by atoms with Gasteiger partial charge in [-0.1, -0.05) is 19.9 Å². The van der Waals surface area contributed by atoms with Crippen LogP contribution in [0.1, 0.15) is 45.6 Å². The second kappa shape index (κ2) is 6.90. The van der Waals surface area contributed by atoms with E-state index in [0.29, 0.717) is 0 Å². The molecule has 1 aliphatic carbocycles. The van der Waals surface area contributed by atoms with Gasteiger partial charge in [0.1, 0.15) is 5.82 Å². The summed E-state index contributed by atoms with van der Waals surface area (Å²) in [6, 6.07) is 5.06. The minimum atomic E-state index is 0.781. The van der Waals surface area contributed by atoms with Crippen LogP contribution in [0.25, 0.3) is 0 Å². The minimum absolute atomic E-state index is 0.781. The zero-order chi connectivity index (χ0) is 13.7. The second-order valence-electron chi connectivity index (χ2n) is 5.93. The van der Waals surface area contributed by atoms with Crippen LogP contribution in [0.3, 0.4) is 0 Å². The van der Waals surface area contributed by atoms with E-state index in [2.05, 4.69) is 42.0 Å². The lowest BCUT2D eigenvalue weighted by molar-refractivity contribution is 0.239. The number of rotatable bonds is 8. The van der Waals surface area contributed by atoms with Crippen molar-refractivity contribution in [2.45, 2.75) is 52.6 Å². The van der Waals surface area contributed by atoms with Gasteiger partial charge in [-0.3, -0.25) is 4.90 Å². The summed E-state index contributed by atoms with van der Waals surface area (Å²) in [4.78, 5) is 7.10. The first-order valence-corrected chi connectivity index (χ1v) is 7.62. The molecule has 0 spiro atoms. The molecule has 19 heavy (non-hydrogen) atoms. The lowest BCUT2D eigenvalue weighted by Gasteiger charge is -2.24. The monoisotopic (exact) mass is 261 g/mol. The van der Waals surface area contributed by atoms with Crippen molar-refractivity contribution >= 4 is 5.82 Å². The minimum Gasteiger partial charge on any atom is -0.370 e. The van der Waals surface area contributed by atoms with E-state index in [4.69, 9.17) is 0 Å². The molecule has 0 aliphatic heterocycles. The van der Waals surface area contributed by atoms with Crippen molar-refractivity contribution in [3.8, 4) is 0 Å². The van der Waals surface area contributed by atoms with E-state index < -0.39 is 0 Å². The predicted octanol–water partition coefficient (Wildman–Crippen LogP) is 3.52. The first kappa shape index (κ1) is 14.3. The quantitative estimate of drug-likeness (QED) is 0.776. The number of hydrogen-bond donors (Lipinski definition) is 1. The topological polar surface area (TPSA) is 28.2 Å². The molecule has 0 unspecified atom stereocenters. The summed E-state index contributed by atoms with van der Waals surface area (Å²) in [5, 5.41) is 3.37. The molecular weight excluding hydrogens is 234 g/mol. The Hall–Kier alpha value is -1.09. The summed E-state index contributed by atoms with van der Waals surface area (Å²) in [6.07, 6.45) is 5.90. The third-order valence-electron chi connectivity index (χ3n) is 3.67. The van der Waals surface area contributed by atoms with Crippen molar-refractivity contribution in [1.29, 1.82) is 0 Å². The summed E-state index contributed by atoms with van der Waals surface area (Å²) in [5.41, 5.74) is 1.33. The van der Waals surface area contributed by atoms with Gasteiger partial charge in [0.25, 0.3) is 0 Å². The van der Waals surface area contributed by atoms with E-state index in [0.717, 1.165) is 30.9 Å². The van der Waals surface area contributed by atoms with Gasteiger partial charge in [-0.15, -0.1) is 0 Å². The van der Waals surface area contributed by atoms with E-state index in [1.165, 1.54) is 31.4 Å². The molecule has 0 bridgehead atoms. The van der Waals surface area contributed by atoms with Gasteiger partial charge in [-0.05, 0) is 44.7 Å². The first-order chi connectivity index (χ1) is 9.20. The lowest BCUT2D eigenvalue weighted by atomic mass is 10.1. The molecule has 1 N–H and O–H groups in total. The molecule has 0 aromatic carbocycles. The fourth-order valence-corrected chi connectivity index (χ4v) is 2.37. The van der Waals surface area contributed by atoms with Crippen molar-refractivity contribution in [3.63, 3.8) is 0 Å². The van der Waals surface area contributed by atoms with Crippen molar-refractivity contribution in [3.05, 3.63) is 23.9 Å². The van der Waals surface area contributed by atoms with Crippen LogP contribution >= 0.6 is 0 Å². The van der Waals surface area contributed by atoms with Gasteiger partial charge in [0, 0.05) is 30.9 Å². The number of nitrogens with one attached hydrogen (secondary N) is 1. The fourth-order valence-electron chi connectivity index (χ4n) is 2.37. The molecule has 1 aliphatic rings. The molecule has 0 saturated heterocycles. The summed E-state index contributed by atoms with van der Waals surface area (Å²) in [5.74, 6) is 1.84. The number of nitrogens with zero attached hydrogens (tertiary/aromatic N) is 2. The number of anilines is 1. The zero-order valence-corrected chi connectivity index (χ0v) is 12.5. The largest absolute Gasteiger partial charge is 0.370 e. The predicted molar refractivity (Wildman–Crippen MR) is 81.3 cm³/mol. The van der Waals surface area contributed by atoms with Crippen LogP contribution < -0.4 is 5.32 Å². The van der Waals surface area contributed by atoms with E-state index in [1.54, 1.807) is 0 Å². The van der Waals surface area contributed by atoms with Gasteiger partial charge in [0.15, 0.2) is 0 Å². The Kier molecular flexibility index (Phi) is 5.20. The van der Waals surface area contributed by atoms with Gasteiger partial charge in [-0.2, -0.15) is 0 Å². The highest BCUT2D eigenvalue weighted by atomic mass is 15.2. The van der Waals surface area contributed by atoms with Crippen molar-refractivity contribution < 1.29 is 0 Å². The highest BCUT2D eigenvalue weighted by Crippen LogP contribution is 2.29. The van der Waals surface area contributed by atoms with E-state index in [-0.39, 0.29) is 0 Å². The maximum absolute atomic E-state index is 4.46. The van der Waals surface area contributed by atoms with E-state index in [9.17, 15) is 0 Å². The lowest BCUT2D eigenvalue weighted by Crippen LogP contribution is -2.28. The maximum atomic E-state index is 4.46. The highest BCUT2D eigenvalue weighted by molar-refractivity contribution is 5.43. The maximum Gasteiger partial charge on any atom is 0.130 e. The smallest absolute Gasteiger partial charge is 0.130 e. The summed E-state index contributed by atoms with van der Waals surface area (Å²) >= 11 is 0. The third kappa shape index (κ3) is 4.50. The molecule has 1 aromatic heterocycles. The van der Waals surface area contributed by atoms with Crippen LogP contribution in [-0.4, -0.2) is 29.0 Å². The van der Waals surface area contributed by atoms with Gasteiger partial charge in [0.05, 0.1) is 0 Å². The Morgan fingerprint density at radius 2 is 2.21 bits per heavy atom. The van der Waals surface area contributed by atoms with Crippen LogP contribution in [-0.2, 0) is 6.54 Å². The normalized spacial score (nSPS) is 15.2. The van der Waals surface area contributed by atoms with Crippen LogP contribution in [0.15, 0.2) is 18.3 Å². The molecule has 0 atom stereocenters. The van der Waals surface area contributed by atoms with E-state index >= 15 is 0 Å². The van der Waals surface area contributed by atoms with Crippen LogP contribution in [0.4, 0.5) is 5.82 Å². The first-order valence-electron chi connectivity index (χ1n) is 7.62. The standard InChI is InChI=1S/C16H27N3/c1-4-17-16-14(6-5-10-18-16)12-19(15-7-8-15)11-9-13(2)3/h5-6,10,13,15H,4,7-9,11-12H2,1-3H3,(H,17,18). The summed E-state index contributed by atoms with van der Waals surface area (Å²) < 4.78 is 0. The van der Waals surface area contributed by atoms with Crippen molar-refractivity contribution in [1.82, 2.24) is 9.88 Å². The van der Waals surface area contributed by atoms with Crippen LogP contribution in [0.2, 0.25) is 0 Å². The molecular formula is C16H27N3. The average molecular weight is 261 g/mol. The van der Waals surface area contributed by atoms with Crippen LogP contribution in [0.5, 0.6) is 0 Å². The molecule has 1 aromatic rings. The fraction of sp³-hybridized carbons (Fsp3) is 0.688. The molecule has 3 nitrogen and oxygen atoms in total. The number of hydrogen-bond acceptors (Lipinski definition) is 3. The van der Waals surface area contributed by atoms with Gasteiger partial charge >= 0.3 is 0 Å².